The second kappa shape index (κ2) is 5.88. The summed E-state index contributed by atoms with van der Waals surface area (Å²) in [7, 11) is 0. The number of aryl methyl sites for hydroxylation is 1. The third-order valence-corrected chi connectivity index (χ3v) is 2.45. The molecule has 1 atom stereocenters. The lowest BCUT2D eigenvalue weighted by Gasteiger charge is -2.23. The highest BCUT2D eigenvalue weighted by Crippen LogP contribution is 2.08. The van der Waals surface area contributed by atoms with Crippen molar-refractivity contribution in [2.24, 2.45) is 0 Å². The summed E-state index contributed by atoms with van der Waals surface area (Å²) in [5.41, 5.74) is 0.956. The maximum atomic E-state index is 4.08. The van der Waals surface area contributed by atoms with Crippen molar-refractivity contribution in [2.45, 2.75) is 25.8 Å². The smallest absolute Gasteiger partial charge is 0.148 e. The van der Waals surface area contributed by atoms with Crippen LogP contribution in [0.3, 0.4) is 0 Å². The summed E-state index contributed by atoms with van der Waals surface area (Å²) in [4.78, 5) is 0. The van der Waals surface area contributed by atoms with E-state index in [1.165, 1.54) is 12.8 Å². The van der Waals surface area contributed by atoms with Crippen LogP contribution in [0.15, 0.2) is 12.1 Å². The zero-order chi connectivity index (χ0) is 9.80. The van der Waals surface area contributed by atoms with Gasteiger partial charge in [-0.05, 0) is 38.4 Å². The molecule has 0 amide bonds. The molecule has 15 heavy (non-hydrogen) atoms. The Kier molecular flexibility index (Phi) is 4.78. The van der Waals surface area contributed by atoms with Crippen LogP contribution in [0.25, 0.3) is 0 Å². The Morgan fingerprint density at radius 1 is 1.40 bits per heavy atom. The monoisotopic (exact) mass is 228 g/mol. The predicted molar refractivity (Wildman–Crippen MR) is 63.5 cm³/mol. The lowest BCUT2D eigenvalue weighted by atomic mass is 10.1. The van der Waals surface area contributed by atoms with Gasteiger partial charge in [-0.15, -0.1) is 17.5 Å². The van der Waals surface area contributed by atoms with Crippen LogP contribution >= 0.6 is 12.4 Å². The molecule has 0 aromatic carbocycles. The van der Waals surface area contributed by atoms with Gasteiger partial charge < -0.3 is 10.6 Å². The Morgan fingerprint density at radius 3 is 2.87 bits per heavy atom. The second-order valence-electron chi connectivity index (χ2n) is 3.75. The van der Waals surface area contributed by atoms with E-state index in [9.17, 15) is 0 Å². The molecule has 2 N–H and O–H groups in total. The molecule has 5 heteroatoms. The first-order valence-corrected chi connectivity index (χ1v) is 5.12. The van der Waals surface area contributed by atoms with Gasteiger partial charge in [-0.25, -0.2) is 0 Å². The van der Waals surface area contributed by atoms with E-state index >= 15 is 0 Å². The first-order valence-electron chi connectivity index (χ1n) is 5.12. The largest absolute Gasteiger partial charge is 0.365 e. The van der Waals surface area contributed by atoms with Crippen molar-refractivity contribution in [3.63, 3.8) is 0 Å². The summed E-state index contributed by atoms with van der Waals surface area (Å²) in [6.45, 7) is 4.10. The van der Waals surface area contributed by atoms with Crippen LogP contribution in [0.2, 0.25) is 0 Å². The van der Waals surface area contributed by atoms with Crippen molar-refractivity contribution in [2.75, 3.05) is 18.4 Å². The van der Waals surface area contributed by atoms with Gasteiger partial charge in [-0.1, -0.05) is 0 Å². The van der Waals surface area contributed by atoms with Gasteiger partial charge >= 0.3 is 0 Å². The normalized spacial score (nSPS) is 20.5. The van der Waals surface area contributed by atoms with Gasteiger partial charge in [0.05, 0.1) is 5.69 Å². The van der Waals surface area contributed by atoms with E-state index in [4.69, 9.17) is 0 Å². The first kappa shape index (κ1) is 12.2. The molecule has 1 aromatic rings. The van der Waals surface area contributed by atoms with Crippen LogP contribution in [0.4, 0.5) is 5.82 Å². The van der Waals surface area contributed by atoms with Crippen LogP contribution < -0.4 is 10.6 Å². The average Bonchev–Trinajstić information content (AvgIpc) is 2.23. The maximum absolute atomic E-state index is 4.08. The summed E-state index contributed by atoms with van der Waals surface area (Å²) in [6.07, 6.45) is 2.44. The molecule has 1 fully saturated rings. The Labute approximate surface area is 96.3 Å². The van der Waals surface area contributed by atoms with Gasteiger partial charge in [0.2, 0.25) is 0 Å². The molecule has 1 aromatic heterocycles. The molecule has 0 unspecified atom stereocenters. The quantitative estimate of drug-likeness (QED) is 0.803. The standard InChI is InChI=1S/C10H16N4.ClH/c1-8-4-5-10(14-13-8)12-9-3-2-6-11-7-9;/h4-5,9,11H,2-3,6-7H2,1H3,(H,12,14);1H/t9-;/m1./s1. The Bertz CT molecular complexity index is 282. The molecule has 0 aliphatic carbocycles. The summed E-state index contributed by atoms with van der Waals surface area (Å²) >= 11 is 0. The molecule has 2 heterocycles. The number of hydrogen-bond donors (Lipinski definition) is 2. The fraction of sp³-hybridized carbons (Fsp3) is 0.600. The third kappa shape index (κ3) is 3.64. The summed E-state index contributed by atoms with van der Waals surface area (Å²) in [5.74, 6) is 0.879. The van der Waals surface area contributed by atoms with E-state index in [1.54, 1.807) is 0 Å². The molecule has 0 radical (unpaired) electrons. The van der Waals surface area contributed by atoms with Crippen molar-refractivity contribution in [1.82, 2.24) is 15.5 Å². The summed E-state index contributed by atoms with van der Waals surface area (Å²) < 4.78 is 0. The lowest BCUT2D eigenvalue weighted by Crippen LogP contribution is -2.38. The molecule has 84 valence electrons. The molecule has 1 aliphatic heterocycles. The number of rotatable bonds is 2. The van der Waals surface area contributed by atoms with Crippen LogP contribution in [0, 0.1) is 6.92 Å². The lowest BCUT2D eigenvalue weighted by molar-refractivity contribution is 0.478. The first-order chi connectivity index (χ1) is 6.84. The van der Waals surface area contributed by atoms with E-state index in [0.717, 1.165) is 24.6 Å². The van der Waals surface area contributed by atoms with Crippen LogP contribution in [0.1, 0.15) is 18.5 Å². The number of nitrogens with one attached hydrogen (secondary N) is 2. The molecule has 0 saturated carbocycles. The van der Waals surface area contributed by atoms with Crippen molar-refractivity contribution in [3.8, 4) is 0 Å². The molecule has 1 aliphatic rings. The summed E-state index contributed by atoms with van der Waals surface area (Å²) in [5, 5.41) is 14.8. The maximum Gasteiger partial charge on any atom is 0.148 e. The topological polar surface area (TPSA) is 49.8 Å². The molecular weight excluding hydrogens is 212 g/mol. The molecule has 0 spiro atoms. The highest BCUT2D eigenvalue weighted by atomic mass is 35.5. The molecule has 1 saturated heterocycles. The number of piperidine rings is 1. The van der Waals surface area contributed by atoms with Gasteiger partial charge in [0.1, 0.15) is 5.82 Å². The number of hydrogen-bond acceptors (Lipinski definition) is 4. The third-order valence-electron chi connectivity index (χ3n) is 2.45. The highest BCUT2D eigenvalue weighted by Gasteiger charge is 2.12. The van der Waals surface area contributed by atoms with Gasteiger partial charge in [0.25, 0.3) is 0 Å². The van der Waals surface area contributed by atoms with E-state index in [-0.39, 0.29) is 12.4 Å². The average molecular weight is 229 g/mol. The van der Waals surface area contributed by atoms with Gasteiger partial charge in [-0.3, -0.25) is 0 Å². The zero-order valence-corrected chi connectivity index (χ0v) is 9.68. The van der Waals surface area contributed by atoms with E-state index in [2.05, 4.69) is 20.8 Å². The predicted octanol–water partition coefficient (Wildman–Crippen LogP) is 1.37. The highest BCUT2D eigenvalue weighted by molar-refractivity contribution is 5.85. The van der Waals surface area contributed by atoms with Gasteiger partial charge in [-0.2, -0.15) is 5.10 Å². The molecule has 0 bridgehead atoms. The molecule has 4 nitrogen and oxygen atoms in total. The Morgan fingerprint density at radius 2 is 2.27 bits per heavy atom. The number of anilines is 1. The van der Waals surface area contributed by atoms with E-state index < -0.39 is 0 Å². The fourth-order valence-electron chi connectivity index (χ4n) is 1.66. The van der Waals surface area contributed by atoms with Gasteiger partial charge in [0, 0.05) is 12.6 Å². The zero-order valence-electron chi connectivity index (χ0n) is 8.86. The van der Waals surface area contributed by atoms with Crippen molar-refractivity contribution < 1.29 is 0 Å². The van der Waals surface area contributed by atoms with Crippen LogP contribution in [0.5, 0.6) is 0 Å². The number of nitrogens with zero attached hydrogens (tertiary/aromatic N) is 2. The molecule has 2 rings (SSSR count). The van der Waals surface area contributed by atoms with Crippen molar-refractivity contribution >= 4 is 18.2 Å². The minimum absolute atomic E-state index is 0. The van der Waals surface area contributed by atoms with E-state index in [0.29, 0.717) is 6.04 Å². The Balaban J connectivity index is 0.00000112. The van der Waals surface area contributed by atoms with Crippen molar-refractivity contribution in [1.29, 1.82) is 0 Å². The molecular formula is C10H17ClN4. The van der Waals surface area contributed by atoms with E-state index in [1.807, 2.05) is 19.1 Å². The Hall–Kier alpha value is -0.870. The SMILES string of the molecule is Cc1ccc(N[C@@H]2CCCNC2)nn1.Cl. The van der Waals surface area contributed by atoms with Gasteiger partial charge in [0.15, 0.2) is 0 Å². The minimum Gasteiger partial charge on any atom is -0.365 e. The van der Waals surface area contributed by atoms with Crippen molar-refractivity contribution in [3.05, 3.63) is 17.8 Å². The fourth-order valence-corrected chi connectivity index (χ4v) is 1.66. The minimum atomic E-state index is 0. The number of aromatic nitrogens is 2. The van der Waals surface area contributed by atoms with Crippen LogP contribution in [-0.4, -0.2) is 29.3 Å². The second-order valence-corrected chi connectivity index (χ2v) is 3.75. The van der Waals surface area contributed by atoms with Crippen LogP contribution in [-0.2, 0) is 0 Å². The summed E-state index contributed by atoms with van der Waals surface area (Å²) in [6, 6.07) is 4.46. The number of halogens is 1.